The van der Waals surface area contributed by atoms with Crippen LogP contribution in [-0.2, 0) is 4.74 Å². The van der Waals surface area contributed by atoms with Crippen molar-refractivity contribution in [2.75, 3.05) is 31.2 Å². The number of morpholine rings is 1. The summed E-state index contributed by atoms with van der Waals surface area (Å²) in [5.41, 5.74) is 2.03. The lowest BCUT2D eigenvalue weighted by atomic mass is 9.87. The molecule has 1 aliphatic heterocycles. The molecule has 2 aliphatic rings. The number of hydrogen-bond donors (Lipinski definition) is 0. The number of aromatic nitrogens is 3. The molecule has 0 unspecified atom stereocenters. The number of fused-ring (bicyclic) bond motifs is 1. The highest BCUT2D eigenvalue weighted by Crippen LogP contribution is 2.33. The van der Waals surface area contributed by atoms with Crippen molar-refractivity contribution in [1.82, 2.24) is 14.6 Å². The molecule has 0 bridgehead atoms. The summed E-state index contributed by atoms with van der Waals surface area (Å²) in [6.07, 6.45) is 6.45. The minimum atomic E-state index is 0.532. The van der Waals surface area contributed by atoms with Crippen LogP contribution in [0.15, 0.2) is 12.1 Å². The second-order valence-corrected chi connectivity index (χ2v) is 6.60. The quantitative estimate of drug-likeness (QED) is 0.797. The van der Waals surface area contributed by atoms with Gasteiger partial charge in [-0.2, -0.15) is 9.61 Å². The van der Waals surface area contributed by atoms with Crippen LogP contribution in [-0.4, -0.2) is 40.9 Å². The highest BCUT2D eigenvalue weighted by molar-refractivity contribution is 6.29. The molecule has 118 valence electrons. The molecule has 1 aliphatic carbocycles. The van der Waals surface area contributed by atoms with E-state index < -0.39 is 0 Å². The Bertz CT molecular complexity index is 659. The summed E-state index contributed by atoms with van der Waals surface area (Å²) in [7, 11) is 0. The molecule has 2 aromatic rings. The van der Waals surface area contributed by atoms with E-state index in [0.29, 0.717) is 11.1 Å². The summed E-state index contributed by atoms with van der Waals surface area (Å²) < 4.78 is 7.40. The van der Waals surface area contributed by atoms with Gasteiger partial charge in [-0.3, -0.25) is 0 Å². The fourth-order valence-corrected chi connectivity index (χ4v) is 3.75. The Balaban J connectivity index is 1.73. The number of anilines is 1. The van der Waals surface area contributed by atoms with Crippen molar-refractivity contribution in [1.29, 1.82) is 0 Å². The van der Waals surface area contributed by atoms with Gasteiger partial charge in [-0.25, -0.2) is 4.98 Å². The highest BCUT2D eigenvalue weighted by Gasteiger charge is 2.22. The molecule has 1 saturated carbocycles. The van der Waals surface area contributed by atoms with Gasteiger partial charge in [0.05, 0.1) is 18.9 Å². The van der Waals surface area contributed by atoms with Crippen molar-refractivity contribution in [3.63, 3.8) is 0 Å². The number of nitrogens with zero attached hydrogens (tertiary/aromatic N) is 4. The van der Waals surface area contributed by atoms with E-state index in [0.717, 1.165) is 37.8 Å². The fraction of sp³-hybridized carbons (Fsp3) is 0.625. The Morgan fingerprint density at radius 1 is 1.09 bits per heavy atom. The van der Waals surface area contributed by atoms with Crippen LogP contribution in [0.4, 0.5) is 5.82 Å². The van der Waals surface area contributed by atoms with E-state index in [1.54, 1.807) is 0 Å². The highest BCUT2D eigenvalue weighted by atomic mass is 35.5. The summed E-state index contributed by atoms with van der Waals surface area (Å²) in [5.74, 6) is 1.60. The largest absolute Gasteiger partial charge is 0.378 e. The molecule has 0 N–H and O–H groups in total. The van der Waals surface area contributed by atoms with Gasteiger partial charge in [0.1, 0.15) is 11.0 Å². The molecule has 22 heavy (non-hydrogen) atoms. The predicted molar refractivity (Wildman–Crippen MR) is 86.9 cm³/mol. The van der Waals surface area contributed by atoms with Crippen molar-refractivity contribution < 1.29 is 4.74 Å². The lowest BCUT2D eigenvalue weighted by molar-refractivity contribution is 0.122. The monoisotopic (exact) mass is 320 g/mol. The van der Waals surface area contributed by atoms with E-state index in [-0.39, 0.29) is 0 Å². The first kappa shape index (κ1) is 14.3. The molecule has 0 amide bonds. The number of hydrogen-bond acceptors (Lipinski definition) is 4. The maximum absolute atomic E-state index is 6.23. The van der Waals surface area contributed by atoms with Crippen molar-refractivity contribution in [2.45, 2.75) is 38.0 Å². The van der Waals surface area contributed by atoms with Gasteiger partial charge in [0.2, 0.25) is 0 Å². The molecule has 6 heteroatoms. The molecule has 0 radical (unpaired) electrons. The molecule has 4 rings (SSSR count). The lowest BCUT2D eigenvalue weighted by Gasteiger charge is -2.28. The smallest absolute Gasteiger partial charge is 0.159 e. The summed E-state index contributed by atoms with van der Waals surface area (Å²) >= 11 is 6.23. The zero-order chi connectivity index (χ0) is 14.9. The van der Waals surface area contributed by atoms with Crippen LogP contribution in [0.25, 0.3) is 5.65 Å². The van der Waals surface area contributed by atoms with E-state index in [2.05, 4.69) is 16.0 Å². The summed E-state index contributed by atoms with van der Waals surface area (Å²) in [6, 6.07) is 4.03. The van der Waals surface area contributed by atoms with Crippen molar-refractivity contribution in [2.24, 2.45) is 0 Å². The maximum atomic E-state index is 6.23. The third-order valence-corrected chi connectivity index (χ3v) is 4.95. The zero-order valence-corrected chi connectivity index (χ0v) is 13.4. The van der Waals surface area contributed by atoms with Crippen LogP contribution in [0.5, 0.6) is 0 Å². The minimum Gasteiger partial charge on any atom is -0.378 e. The topological polar surface area (TPSA) is 42.7 Å². The summed E-state index contributed by atoms with van der Waals surface area (Å²) in [5, 5.41) is 5.40. The lowest BCUT2D eigenvalue weighted by Crippen LogP contribution is -2.37. The first-order chi connectivity index (χ1) is 10.8. The van der Waals surface area contributed by atoms with E-state index >= 15 is 0 Å². The molecule has 2 aromatic heterocycles. The van der Waals surface area contributed by atoms with Crippen LogP contribution in [0.3, 0.4) is 0 Å². The first-order valence-electron chi connectivity index (χ1n) is 8.20. The third kappa shape index (κ3) is 2.68. The Hall–Kier alpha value is -1.33. The predicted octanol–water partition coefficient (Wildman–Crippen LogP) is 3.27. The molecule has 0 atom stereocenters. The average molecular weight is 321 g/mol. The number of rotatable bonds is 2. The number of halogens is 1. The van der Waals surface area contributed by atoms with Gasteiger partial charge >= 0.3 is 0 Å². The SMILES string of the molecule is Clc1cc(N2CCOCC2)n2nc(C3CCCCC3)cc2n1. The Morgan fingerprint density at radius 2 is 1.86 bits per heavy atom. The van der Waals surface area contributed by atoms with Gasteiger partial charge in [0, 0.05) is 31.1 Å². The molecular weight excluding hydrogens is 300 g/mol. The summed E-state index contributed by atoms with van der Waals surface area (Å²) in [6.45, 7) is 3.23. The Labute approximate surface area is 135 Å². The second kappa shape index (κ2) is 6.05. The third-order valence-electron chi connectivity index (χ3n) is 4.75. The van der Waals surface area contributed by atoms with Crippen LogP contribution < -0.4 is 4.90 Å². The van der Waals surface area contributed by atoms with Crippen LogP contribution in [0.1, 0.15) is 43.7 Å². The standard InChI is InChI=1S/C16H21ClN4O/c17-14-11-16(20-6-8-22-9-7-20)21-15(18-14)10-13(19-21)12-4-2-1-3-5-12/h10-12H,1-9H2. The maximum Gasteiger partial charge on any atom is 0.159 e. The summed E-state index contributed by atoms with van der Waals surface area (Å²) in [4.78, 5) is 6.73. The fourth-order valence-electron chi connectivity index (χ4n) is 3.56. The van der Waals surface area contributed by atoms with Crippen molar-refractivity contribution in [3.8, 4) is 0 Å². The molecule has 3 heterocycles. The molecule has 0 aromatic carbocycles. The number of ether oxygens (including phenoxy) is 1. The zero-order valence-electron chi connectivity index (χ0n) is 12.7. The van der Waals surface area contributed by atoms with Crippen molar-refractivity contribution >= 4 is 23.1 Å². The van der Waals surface area contributed by atoms with Gasteiger partial charge < -0.3 is 9.64 Å². The van der Waals surface area contributed by atoms with E-state index in [1.807, 2.05) is 10.6 Å². The van der Waals surface area contributed by atoms with Gasteiger partial charge in [0.15, 0.2) is 5.65 Å². The average Bonchev–Trinajstić information content (AvgIpc) is 2.99. The van der Waals surface area contributed by atoms with E-state index in [9.17, 15) is 0 Å². The molecule has 5 nitrogen and oxygen atoms in total. The van der Waals surface area contributed by atoms with Crippen LogP contribution >= 0.6 is 11.6 Å². The van der Waals surface area contributed by atoms with E-state index in [1.165, 1.54) is 37.8 Å². The first-order valence-corrected chi connectivity index (χ1v) is 8.58. The Kier molecular flexibility index (Phi) is 3.92. The molecule has 0 spiro atoms. The Morgan fingerprint density at radius 3 is 2.64 bits per heavy atom. The molecule has 2 fully saturated rings. The minimum absolute atomic E-state index is 0.532. The van der Waals surface area contributed by atoms with Gasteiger partial charge in [-0.1, -0.05) is 30.9 Å². The second-order valence-electron chi connectivity index (χ2n) is 6.21. The van der Waals surface area contributed by atoms with Crippen molar-refractivity contribution in [3.05, 3.63) is 23.0 Å². The van der Waals surface area contributed by atoms with Crippen LogP contribution in [0, 0.1) is 0 Å². The molecule has 1 saturated heterocycles. The normalized spacial score (nSPS) is 20.7. The molecular formula is C16H21ClN4O. The van der Waals surface area contributed by atoms with Gasteiger partial charge in [-0.05, 0) is 12.8 Å². The van der Waals surface area contributed by atoms with Gasteiger partial charge in [-0.15, -0.1) is 0 Å². The van der Waals surface area contributed by atoms with Gasteiger partial charge in [0.25, 0.3) is 0 Å². The van der Waals surface area contributed by atoms with Crippen LogP contribution in [0.2, 0.25) is 5.15 Å². The van der Waals surface area contributed by atoms with E-state index in [4.69, 9.17) is 21.4 Å².